The molecule has 5 nitrogen and oxygen atoms in total. The smallest absolute Gasteiger partial charge is 0.293 e. The van der Waals surface area contributed by atoms with Gasteiger partial charge in [-0.15, -0.1) is 0 Å². The van der Waals surface area contributed by atoms with Gasteiger partial charge in [-0.2, -0.15) is 0 Å². The van der Waals surface area contributed by atoms with Gasteiger partial charge in [-0.05, 0) is 42.3 Å². The highest BCUT2D eigenvalue weighted by Crippen LogP contribution is 2.32. The van der Waals surface area contributed by atoms with E-state index in [9.17, 15) is 9.59 Å². The molecule has 0 spiro atoms. The molecule has 4 rings (SSSR count). The lowest BCUT2D eigenvalue weighted by Crippen LogP contribution is -2.17. The van der Waals surface area contributed by atoms with Crippen LogP contribution in [0.3, 0.4) is 0 Å². The molecule has 0 radical (unpaired) electrons. The maximum atomic E-state index is 12.9. The molecule has 1 aromatic heterocycles. The Balaban J connectivity index is 1.57. The Morgan fingerprint density at radius 2 is 1.63 bits per heavy atom. The average Bonchev–Trinajstić information content (AvgIpc) is 3.12. The van der Waals surface area contributed by atoms with Crippen LogP contribution in [0.25, 0.3) is 11.0 Å². The molecule has 0 aliphatic carbocycles. The number of furan rings is 1. The molecule has 150 valence electrons. The zero-order valence-electron chi connectivity index (χ0n) is 16.0. The minimum Gasteiger partial charge on any atom is -0.449 e. The normalized spacial score (nSPS) is 10.7. The molecule has 0 atom stereocenters. The number of fused-ring (bicyclic) bond motifs is 1. The molecule has 0 aliphatic heterocycles. The predicted octanol–water partition coefficient (Wildman–Crippen LogP) is 5.91. The molecule has 0 unspecified atom stereocenters. The first kappa shape index (κ1) is 19.7. The summed E-state index contributed by atoms with van der Waals surface area (Å²) >= 11 is 5.99. The lowest BCUT2D eigenvalue weighted by atomic mass is 10.1. The third kappa shape index (κ3) is 4.53. The van der Waals surface area contributed by atoms with Crippen LogP contribution in [0, 0.1) is 0 Å². The van der Waals surface area contributed by atoms with E-state index in [0.717, 1.165) is 5.56 Å². The van der Waals surface area contributed by atoms with Crippen LogP contribution in [-0.2, 0) is 11.2 Å². The molecule has 0 fully saturated rings. The van der Waals surface area contributed by atoms with Crippen molar-refractivity contribution in [1.29, 1.82) is 0 Å². The van der Waals surface area contributed by atoms with Crippen LogP contribution in [0.1, 0.15) is 22.5 Å². The lowest BCUT2D eigenvalue weighted by molar-refractivity contribution is -0.116. The van der Waals surface area contributed by atoms with Gasteiger partial charge in [0.2, 0.25) is 11.7 Å². The van der Waals surface area contributed by atoms with Crippen molar-refractivity contribution in [2.24, 2.45) is 0 Å². The maximum Gasteiger partial charge on any atom is 0.293 e. The molecule has 4 aromatic rings. The third-order valence-electron chi connectivity index (χ3n) is 4.63. The van der Waals surface area contributed by atoms with Crippen molar-refractivity contribution in [3.8, 4) is 0 Å². The number of anilines is 2. The number of hydrogen-bond donors (Lipinski definition) is 2. The quantitative estimate of drug-likeness (QED) is 0.409. The molecule has 0 bridgehead atoms. The first-order valence-corrected chi connectivity index (χ1v) is 9.90. The Morgan fingerprint density at radius 1 is 0.867 bits per heavy atom. The minimum atomic E-state index is -0.466. The number of benzene rings is 3. The van der Waals surface area contributed by atoms with Crippen molar-refractivity contribution in [1.82, 2.24) is 0 Å². The number of para-hydroxylation sites is 1. The van der Waals surface area contributed by atoms with E-state index in [-0.39, 0.29) is 11.7 Å². The molecule has 0 saturated carbocycles. The Bertz CT molecular complexity index is 1200. The molecule has 2 N–H and O–H groups in total. The highest BCUT2D eigenvalue weighted by atomic mass is 35.5. The molecule has 2 amide bonds. The zero-order valence-corrected chi connectivity index (χ0v) is 16.8. The second-order valence-corrected chi connectivity index (χ2v) is 7.24. The Labute approximate surface area is 178 Å². The topological polar surface area (TPSA) is 71.3 Å². The van der Waals surface area contributed by atoms with Crippen LogP contribution in [0.2, 0.25) is 5.02 Å². The Hall–Kier alpha value is -3.57. The number of carbonyl (C=O) groups excluding carboxylic acids is 2. The maximum absolute atomic E-state index is 12.9. The Kier molecular flexibility index (Phi) is 5.82. The van der Waals surface area contributed by atoms with Gasteiger partial charge in [-0.3, -0.25) is 9.59 Å². The number of rotatable bonds is 6. The van der Waals surface area contributed by atoms with Crippen molar-refractivity contribution in [2.75, 3.05) is 10.6 Å². The van der Waals surface area contributed by atoms with Crippen LogP contribution in [0.15, 0.2) is 83.3 Å². The summed E-state index contributed by atoms with van der Waals surface area (Å²) in [6.07, 6.45) is 0.894. The van der Waals surface area contributed by atoms with Crippen molar-refractivity contribution in [2.45, 2.75) is 12.8 Å². The van der Waals surface area contributed by atoms with E-state index < -0.39 is 5.91 Å². The second-order valence-electron chi connectivity index (χ2n) is 6.80. The molecule has 1 heterocycles. The van der Waals surface area contributed by atoms with Crippen LogP contribution in [-0.4, -0.2) is 11.8 Å². The highest BCUT2D eigenvalue weighted by Gasteiger charge is 2.22. The lowest BCUT2D eigenvalue weighted by Gasteiger charge is -2.08. The van der Waals surface area contributed by atoms with Crippen LogP contribution in [0.4, 0.5) is 11.4 Å². The fraction of sp³-hybridized carbons (Fsp3) is 0.0833. The van der Waals surface area contributed by atoms with Crippen molar-refractivity contribution in [3.63, 3.8) is 0 Å². The summed E-state index contributed by atoms with van der Waals surface area (Å²) in [5.74, 6) is -0.613. The monoisotopic (exact) mass is 418 g/mol. The molecule has 0 saturated heterocycles. The van der Waals surface area contributed by atoms with E-state index in [4.69, 9.17) is 16.0 Å². The van der Waals surface area contributed by atoms with E-state index in [2.05, 4.69) is 10.6 Å². The van der Waals surface area contributed by atoms with E-state index in [1.54, 1.807) is 30.3 Å². The number of aryl methyl sites for hydroxylation is 1. The van der Waals surface area contributed by atoms with E-state index in [1.165, 1.54) is 0 Å². The summed E-state index contributed by atoms with van der Waals surface area (Å²) in [5, 5.41) is 6.80. The van der Waals surface area contributed by atoms with Gasteiger partial charge in [-0.1, -0.05) is 60.1 Å². The van der Waals surface area contributed by atoms with Crippen molar-refractivity contribution in [3.05, 3.63) is 95.2 Å². The van der Waals surface area contributed by atoms with Crippen LogP contribution >= 0.6 is 11.6 Å². The molecule has 30 heavy (non-hydrogen) atoms. The summed E-state index contributed by atoms with van der Waals surface area (Å²) in [6, 6.07) is 23.8. The largest absolute Gasteiger partial charge is 0.449 e. The van der Waals surface area contributed by atoms with Gasteiger partial charge in [0.15, 0.2) is 0 Å². The fourth-order valence-electron chi connectivity index (χ4n) is 3.19. The molecule has 0 aliphatic rings. The summed E-state index contributed by atoms with van der Waals surface area (Å²) in [7, 11) is 0. The summed E-state index contributed by atoms with van der Waals surface area (Å²) in [5.41, 5.74) is 2.49. The predicted molar refractivity (Wildman–Crippen MR) is 119 cm³/mol. The van der Waals surface area contributed by atoms with Gasteiger partial charge in [-0.25, -0.2) is 0 Å². The number of halogens is 1. The summed E-state index contributed by atoms with van der Waals surface area (Å²) in [4.78, 5) is 25.5. The van der Waals surface area contributed by atoms with Gasteiger partial charge in [0.25, 0.3) is 5.91 Å². The van der Waals surface area contributed by atoms with Gasteiger partial charge in [0.1, 0.15) is 11.3 Å². The first-order valence-electron chi connectivity index (χ1n) is 9.52. The number of nitrogens with one attached hydrogen (secondary N) is 2. The minimum absolute atomic E-state index is 0.0456. The molecule has 6 heteroatoms. The molecular weight excluding hydrogens is 400 g/mol. The average molecular weight is 419 g/mol. The van der Waals surface area contributed by atoms with Crippen LogP contribution < -0.4 is 10.6 Å². The zero-order chi connectivity index (χ0) is 20.9. The second kappa shape index (κ2) is 8.84. The molecule has 3 aromatic carbocycles. The fourth-order valence-corrected chi connectivity index (χ4v) is 3.38. The highest BCUT2D eigenvalue weighted by molar-refractivity contribution is 6.31. The first-order chi connectivity index (χ1) is 14.6. The summed E-state index contributed by atoms with van der Waals surface area (Å²) < 4.78 is 5.77. The Morgan fingerprint density at radius 3 is 2.43 bits per heavy atom. The van der Waals surface area contributed by atoms with E-state index in [1.807, 2.05) is 48.5 Å². The van der Waals surface area contributed by atoms with Gasteiger partial charge >= 0.3 is 0 Å². The number of carbonyl (C=O) groups is 2. The third-order valence-corrected chi connectivity index (χ3v) is 4.87. The van der Waals surface area contributed by atoms with Crippen LogP contribution in [0.5, 0.6) is 0 Å². The van der Waals surface area contributed by atoms with Gasteiger partial charge in [0, 0.05) is 22.5 Å². The van der Waals surface area contributed by atoms with Gasteiger partial charge < -0.3 is 15.1 Å². The number of amides is 2. The van der Waals surface area contributed by atoms with E-state index in [0.29, 0.717) is 40.2 Å². The molecular formula is C24H19ClN2O3. The van der Waals surface area contributed by atoms with Gasteiger partial charge in [0.05, 0.1) is 0 Å². The number of hydrogen-bond acceptors (Lipinski definition) is 3. The van der Waals surface area contributed by atoms with Crippen molar-refractivity contribution < 1.29 is 14.0 Å². The van der Waals surface area contributed by atoms with E-state index >= 15 is 0 Å². The standard InChI is InChI=1S/C24H19ClN2O3/c25-17-9-6-10-18(15-17)26-24(29)23-22(19-11-4-5-12-20(19)30-23)27-21(28)14-13-16-7-2-1-3-8-16/h1-12,15H,13-14H2,(H,26,29)(H,27,28). The summed E-state index contributed by atoms with van der Waals surface area (Å²) in [6.45, 7) is 0. The SMILES string of the molecule is O=C(CCc1ccccc1)Nc1c(C(=O)Nc2cccc(Cl)c2)oc2ccccc12. The van der Waals surface area contributed by atoms with Crippen molar-refractivity contribution >= 4 is 45.8 Å².